The van der Waals surface area contributed by atoms with Crippen LogP contribution in [0.1, 0.15) is 41.9 Å². The third kappa shape index (κ3) is 3.61. The van der Waals surface area contributed by atoms with E-state index in [9.17, 15) is 0 Å². The van der Waals surface area contributed by atoms with Gasteiger partial charge in [-0.05, 0) is 41.4 Å². The van der Waals surface area contributed by atoms with Crippen molar-refractivity contribution in [3.05, 3.63) is 108 Å². The van der Waals surface area contributed by atoms with Crippen molar-refractivity contribution in [1.82, 2.24) is 4.90 Å². The Morgan fingerprint density at radius 2 is 1.25 bits per heavy atom. The highest BCUT2D eigenvalue weighted by molar-refractivity contribution is 5.95. The van der Waals surface area contributed by atoms with E-state index in [1.807, 2.05) is 0 Å². The average Bonchev–Trinajstić information content (AvgIpc) is 2.85. The third-order valence-electron chi connectivity index (χ3n) is 8.06. The van der Waals surface area contributed by atoms with Crippen LogP contribution in [0.15, 0.2) is 96.0 Å². The summed E-state index contributed by atoms with van der Waals surface area (Å²) in [5.41, 5.74) is 5.62. The summed E-state index contributed by atoms with van der Waals surface area (Å²) in [6, 6.07) is 33.5. The topological polar surface area (TPSA) is 15.6 Å². The number of rotatable bonds is 5. The molecule has 3 unspecified atom stereocenters. The number of nitrogens with zero attached hydrogens (tertiary/aromatic N) is 2. The summed E-state index contributed by atoms with van der Waals surface area (Å²) in [6.07, 6.45) is 4.14. The minimum Gasteiger partial charge on any atom is -0.294 e. The van der Waals surface area contributed by atoms with Crippen molar-refractivity contribution in [3.8, 4) is 0 Å². The molecule has 5 atom stereocenters. The van der Waals surface area contributed by atoms with E-state index in [4.69, 9.17) is 4.99 Å². The predicted octanol–water partition coefficient (Wildman–Crippen LogP) is 6.19. The van der Waals surface area contributed by atoms with E-state index >= 15 is 0 Å². The Bertz CT molecular complexity index is 1010. The van der Waals surface area contributed by atoms with Gasteiger partial charge in [-0.25, -0.2) is 0 Å². The molecule has 0 spiro atoms. The lowest BCUT2D eigenvalue weighted by molar-refractivity contribution is 0.00603. The molecule has 32 heavy (non-hydrogen) atoms. The highest BCUT2D eigenvalue weighted by atomic mass is 15.2. The monoisotopic (exact) mass is 420 g/mol. The van der Waals surface area contributed by atoms with Crippen molar-refractivity contribution in [1.29, 1.82) is 0 Å². The smallest absolute Gasteiger partial charge is 0.0639 e. The second-order valence-electron chi connectivity index (χ2n) is 9.90. The van der Waals surface area contributed by atoms with Gasteiger partial charge in [0.25, 0.3) is 0 Å². The molecule has 3 aromatic rings. The van der Waals surface area contributed by atoms with Crippen LogP contribution in [0.25, 0.3) is 0 Å². The molecule has 2 nitrogen and oxygen atoms in total. The van der Waals surface area contributed by atoms with Gasteiger partial charge in [0, 0.05) is 30.6 Å². The molecule has 4 bridgehead atoms. The standard InChI is InChI=1S/C30H32N2/c1-4-11-22(12-5-1)19-31-29-27-25-17-10-18-26(27)21-32(20-25)30(29)28(23-13-6-2-7-14-23)24-15-8-3-9-16-24/h1-9,11-16,25-28,30H,10,17-21H2/t25-,26+,27?,30?. The number of hydrogen-bond donors (Lipinski definition) is 0. The Kier molecular flexibility index (Phi) is 5.40. The minimum atomic E-state index is 0.329. The highest BCUT2D eigenvalue weighted by Crippen LogP contribution is 2.49. The first-order valence-corrected chi connectivity index (χ1v) is 12.3. The quantitative estimate of drug-likeness (QED) is 0.480. The maximum Gasteiger partial charge on any atom is 0.0639 e. The van der Waals surface area contributed by atoms with Gasteiger partial charge < -0.3 is 0 Å². The van der Waals surface area contributed by atoms with Crippen LogP contribution in [0.4, 0.5) is 0 Å². The summed E-state index contributed by atoms with van der Waals surface area (Å²) in [7, 11) is 0. The zero-order valence-corrected chi connectivity index (χ0v) is 18.7. The van der Waals surface area contributed by atoms with Gasteiger partial charge in [0.1, 0.15) is 0 Å². The van der Waals surface area contributed by atoms with E-state index in [1.165, 1.54) is 54.8 Å². The molecule has 3 aliphatic heterocycles. The van der Waals surface area contributed by atoms with Gasteiger partial charge in [-0.15, -0.1) is 0 Å². The molecule has 2 heteroatoms. The van der Waals surface area contributed by atoms with E-state index in [1.54, 1.807) is 0 Å². The minimum absolute atomic E-state index is 0.329. The summed E-state index contributed by atoms with van der Waals surface area (Å²) < 4.78 is 0. The maximum absolute atomic E-state index is 5.45. The highest BCUT2D eigenvalue weighted by Gasteiger charge is 2.53. The van der Waals surface area contributed by atoms with Gasteiger partial charge in [0.2, 0.25) is 0 Å². The Morgan fingerprint density at radius 1 is 0.719 bits per heavy atom. The normalized spacial score (nSPS) is 30.0. The number of aliphatic imine (C=N–C) groups is 1. The fourth-order valence-electron chi connectivity index (χ4n) is 6.79. The summed E-state index contributed by atoms with van der Waals surface area (Å²) in [6.45, 7) is 3.28. The second-order valence-corrected chi connectivity index (χ2v) is 9.90. The first-order chi connectivity index (χ1) is 15.9. The Balaban J connectivity index is 1.46. The van der Waals surface area contributed by atoms with Crippen molar-refractivity contribution in [2.24, 2.45) is 22.7 Å². The molecule has 3 saturated heterocycles. The first-order valence-electron chi connectivity index (χ1n) is 12.3. The molecule has 1 saturated carbocycles. The van der Waals surface area contributed by atoms with Crippen LogP contribution in [0.5, 0.6) is 0 Å². The van der Waals surface area contributed by atoms with Gasteiger partial charge in [-0.3, -0.25) is 9.89 Å². The average molecular weight is 421 g/mol. The van der Waals surface area contributed by atoms with Gasteiger partial charge in [-0.2, -0.15) is 0 Å². The van der Waals surface area contributed by atoms with Crippen molar-refractivity contribution in [2.45, 2.75) is 37.8 Å². The fourth-order valence-corrected chi connectivity index (χ4v) is 6.79. The van der Waals surface area contributed by atoms with E-state index in [0.717, 1.165) is 18.4 Å². The van der Waals surface area contributed by atoms with Gasteiger partial charge >= 0.3 is 0 Å². The van der Waals surface area contributed by atoms with Crippen LogP contribution in [0.3, 0.4) is 0 Å². The first kappa shape index (κ1) is 19.9. The number of hydrogen-bond acceptors (Lipinski definition) is 2. The van der Waals surface area contributed by atoms with Crippen molar-refractivity contribution in [2.75, 3.05) is 13.1 Å². The van der Waals surface area contributed by atoms with Crippen molar-refractivity contribution in [3.63, 3.8) is 0 Å². The van der Waals surface area contributed by atoms with E-state index in [0.29, 0.717) is 17.9 Å². The molecule has 0 radical (unpaired) electrons. The summed E-state index contributed by atoms with van der Waals surface area (Å²) in [4.78, 5) is 8.26. The maximum atomic E-state index is 5.45. The third-order valence-corrected chi connectivity index (χ3v) is 8.06. The molecule has 4 fully saturated rings. The van der Waals surface area contributed by atoms with Gasteiger partial charge in [0.05, 0.1) is 12.6 Å². The van der Waals surface area contributed by atoms with E-state index in [-0.39, 0.29) is 0 Å². The van der Waals surface area contributed by atoms with Crippen molar-refractivity contribution < 1.29 is 0 Å². The van der Waals surface area contributed by atoms with Crippen LogP contribution < -0.4 is 0 Å². The summed E-state index contributed by atoms with van der Waals surface area (Å²) in [5, 5.41) is 0. The van der Waals surface area contributed by atoms with Crippen LogP contribution >= 0.6 is 0 Å². The predicted molar refractivity (Wildman–Crippen MR) is 132 cm³/mol. The SMILES string of the molecule is c1ccc(CN=C2C3[C@@H]4CCC[C@H]3CN(C4)C2C(c2ccccc2)c2ccccc2)cc1. The van der Waals surface area contributed by atoms with E-state index < -0.39 is 0 Å². The largest absolute Gasteiger partial charge is 0.294 e. The second kappa shape index (κ2) is 8.67. The lowest BCUT2D eigenvalue weighted by Gasteiger charge is -2.58. The molecule has 3 aromatic carbocycles. The summed E-state index contributed by atoms with van der Waals surface area (Å²) in [5.74, 6) is 2.58. The van der Waals surface area contributed by atoms with Gasteiger partial charge in [-0.1, -0.05) is 97.4 Å². The Hall–Kier alpha value is -2.71. The molecule has 0 aromatic heterocycles. The molecule has 7 rings (SSSR count). The molecule has 162 valence electrons. The molecule has 3 heterocycles. The molecular weight excluding hydrogens is 388 g/mol. The van der Waals surface area contributed by atoms with Gasteiger partial charge in [0.15, 0.2) is 0 Å². The number of piperidine rings is 3. The lowest BCUT2D eigenvalue weighted by atomic mass is 9.59. The van der Waals surface area contributed by atoms with Crippen LogP contribution in [-0.2, 0) is 6.54 Å². The molecule has 0 amide bonds. The van der Waals surface area contributed by atoms with E-state index in [2.05, 4.69) is 95.9 Å². The lowest BCUT2D eigenvalue weighted by Crippen LogP contribution is -2.66. The van der Waals surface area contributed by atoms with Crippen LogP contribution in [0.2, 0.25) is 0 Å². The molecule has 1 aliphatic carbocycles. The Morgan fingerprint density at radius 3 is 1.81 bits per heavy atom. The number of fused-ring (bicyclic) bond motifs is 1. The molecular formula is C30H32N2. The number of benzene rings is 3. The Labute approximate surface area is 192 Å². The van der Waals surface area contributed by atoms with Crippen LogP contribution in [-0.4, -0.2) is 29.7 Å². The van der Waals surface area contributed by atoms with Crippen LogP contribution in [0, 0.1) is 17.8 Å². The molecule has 4 aliphatic rings. The van der Waals surface area contributed by atoms with Crippen molar-refractivity contribution >= 4 is 5.71 Å². The zero-order valence-electron chi connectivity index (χ0n) is 18.7. The molecule has 0 N–H and O–H groups in total. The zero-order chi connectivity index (χ0) is 21.3. The summed E-state index contributed by atoms with van der Waals surface area (Å²) >= 11 is 0. The fraction of sp³-hybridized carbons (Fsp3) is 0.367.